The second kappa shape index (κ2) is 9.03. The van der Waals surface area contributed by atoms with Gasteiger partial charge in [0.15, 0.2) is 5.96 Å². The molecule has 1 saturated heterocycles. The van der Waals surface area contributed by atoms with Crippen LogP contribution in [0.4, 0.5) is 4.39 Å². The summed E-state index contributed by atoms with van der Waals surface area (Å²) in [6.45, 7) is 6.51. The van der Waals surface area contributed by atoms with Crippen molar-refractivity contribution in [1.29, 1.82) is 0 Å². The van der Waals surface area contributed by atoms with Crippen molar-refractivity contribution in [2.24, 2.45) is 4.99 Å². The number of aromatic amines is 1. The number of aromatic nitrogens is 1. The molecule has 3 N–H and O–H groups in total. The molecule has 0 spiro atoms. The first kappa shape index (κ1) is 18.7. The molecule has 0 atom stereocenters. The van der Waals surface area contributed by atoms with Gasteiger partial charge in [-0.2, -0.15) is 0 Å². The predicted molar refractivity (Wildman–Crippen MR) is 106 cm³/mol. The Morgan fingerprint density at radius 1 is 1.35 bits per heavy atom. The summed E-state index contributed by atoms with van der Waals surface area (Å²) < 4.78 is 13.5. The van der Waals surface area contributed by atoms with Crippen LogP contribution in [0.15, 0.2) is 29.4 Å². The number of nitrogens with one attached hydrogen (secondary N) is 3. The number of rotatable bonds is 6. The van der Waals surface area contributed by atoms with Gasteiger partial charge in [0.25, 0.3) is 0 Å². The first-order valence-corrected chi connectivity index (χ1v) is 9.64. The highest BCUT2D eigenvalue weighted by Gasteiger charge is 2.19. The summed E-state index contributed by atoms with van der Waals surface area (Å²) in [7, 11) is 1.81. The molecule has 0 amide bonds. The number of aliphatic imine (C=N–C) groups is 1. The zero-order valence-corrected chi connectivity index (χ0v) is 15.8. The number of benzene rings is 1. The van der Waals surface area contributed by atoms with Gasteiger partial charge >= 0.3 is 0 Å². The van der Waals surface area contributed by atoms with Gasteiger partial charge in [0.2, 0.25) is 0 Å². The SMILES string of the molecule is CCCN1CCC(NC(=NC)NCCc2c[nH]c3ccc(F)cc23)CC1. The summed E-state index contributed by atoms with van der Waals surface area (Å²) in [4.78, 5) is 10.1. The zero-order chi connectivity index (χ0) is 18.4. The second-order valence-corrected chi connectivity index (χ2v) is 7.01. The number of H-pyrrole nitrogens is 1. The van der Waals surface area contributed by atoms with Crippen molar-refractivity contribution < 1.29 is 4.39 Å². The minimum Gasteiger partial charge on any atom is -0.361 e. The van der Waals surface area contributed by atoms with Crippen molar-refractivity contribution in [2.45, 2.75) is 38.6 Å². The number of halogens is 1. The van der Waals surface area contributed by atoms with E-state index in [1.807, 2.05) is 13.2 Å². The highest BCUT2D eigenvalue weighted by atomic mass is 19.1. The molecule has 1 fully saturated rings. The minimum atomic E-state index is -0.196. The Morgan fingerprint density at radius 2 is 2.15 bits per heavy atom. The van der Waals surface area contributed by atoms with E-state index in [9.17, 15) is 4.39 Å². The van der Waals surface area contributed by atoms with Crippen LogP contribution in [0.5, 0.6) is 0 Å². The molecule has 26 heavy (non-hydrogen) atoms. The normalized spacial score (nSPS) is 17.0. The Morgan fingerprint density at radius 3 is 2.88 bits per heavy atom. The molecule has 0 aliphatic carbocycles. The maximum Gasteiger partial charge on any atom is 0.191 e. The summed E-state index contributed by atoms with van der Waals surface area (Å²) in [5.41, 5.74) is 2.10. The molecular formula is C20H30FN5. The maximum absolute atomic E-state index is 13.5. The molecule has 1 aromatic heterocycles. The van der Waals surface area contributed by atoms with Crippen molar-refractivity contribution >= 4 is 16.9 Å². The van der Waals surface area contributed by atoms with E-state index in [-0.39, 0.29) is 5.82 Å². The summed E-state index contributed by atoms with van der Waals surface area (Å²) >= 11 is 0. The predicted octanol–water partition coefficient (Wildman–Crippen LogP) is 2.89. The van der Waals surface area contributed by atoms with Gasteiger partial charge in [0.05, 0.1) is 0 Å². The van der Waals surface area contributed by atoms with Crippen LogP contribution in [0.2, 0.25) is 0 Å². The van der Waals surface area contributed by atoms with Crippen molar-refractivity contribution in [1.82, 2.24) is 20.5 Å². The number of hydrogen-bond acceptors (Lipinski definition) is 2. The van der Waals surface area contributed by atoms with Crippen molar-refractivity contribution in [2.75, 3.05) is 33.2 Å². The van der Waals surface area contributed by atoms with E-state index in [1.54, 1.807) is 12.1 Å². The number of fused-ring (bicyclic) bond motifs is 1. The number of likely N-dealkylation sites (tertiary alicyclic amines) is 1. The molecule has 0 unspecified atom stereocenters. The van der Waals surface area contributed by atoms with Crippen LogP contribution in [0.25, 0.3) is 10.9 Å². The monoisotopic (exact) mass is 359 g/mol. The Kier molecular flexibility index (Phi) is 6.50. The lowest BCUT2D eigenvalue weighted by molar-refractivity contribution is 0.206. The third-order valence-electron chi connectivity index (χ3n) is 5.11. The average molecular weight is 359 g/mol. The van der Waals surface area contributed by atoms with Gasteiger partial charge in [-0.3, -0.25) is 4.99 Å². The Bertz CT molecular complexity index is 731. The summed E-state index contributed by atoms with van der Waals surface area (Å²) in [5, 5.41) is 7.88. The van der Waals surface area contributed by atoms with Crippen LogP contribution in [-0.4, -0.2) is 55.1 Å². The lowest BCUT2D eigenvalue weighted by Gasteiger charge is -2.32. The Labute approximate surface area is 155 Å². The fourth-order valence-corrected chi connectivity index (χ4v) is 3.68. The lowest BCUT2D eigenvalue weighted by atomic mass is 10.1. The quantitative estimate of drug-likeness (QED) is 0.549. The molecule has 1 aromatic carbocycles. The van der Waals surface area contributed by atoms with Crippen LogP contribution in [0.3, 0.4) is 0 Å². The molecule has 1 aliphatic heterocycles. The maximum atomic E-state index is 13.5. The summed E-state index contributed by atoms with van der Waals surface area (Å²) in [6.07, 6.45) is 6.31. The molecule has 1 aliphatic rings. The van der Waals surface area contributed by atoms with E-state index >= 15 is 0 Å². The topological polar surface area (TPSA) is 55.4 Å². The van der Waals surface area contributed by atoms with Gasteiger partial charge in [0, 0.05) is 49.8 Å². The summed E-state index contributed by atoms with van der Waals surface area (Å²) in [5.74, 6) is 0.656. The van der Waals surface area contributed by atoms with Crippen LogP contribution in [-0.2, 0) is 6.42 Å². The molecule has 6 heteroatoms. The molecular weight excluding hydrogens is 329 g/mol. The van der Waals surface area contributed by atoms with E-state index in [1.165, 1.54) is 19.0 Å². The van der Waals surface area contributed by atoms with Crippen LogP contribution in [0, 0.1) is 5.82 Å². The van der Waals surface area contributed by atoms with E-state index in [4.69, 9.17) is 0 Å². The van der Waals surface area contributed by atoms with Crippen LogP contribution >= 0.6 is 0 Å². The highest BCUT2D eigenvalue weighted by molar-refractivity contribution is 5.83. The minimum absolute atomic E-state index is 0.196. The number of piperidine rings is 1. The van der Waals surface area contributed by atoms with Crippen LogP contribution < -0.4 is 10.6 Å². The van der Waals surface area contributed by atoms with Crippen molar-refractivity contribution in [3.8, 4) is 0 Å². The average Bonchev–Trinajstić information content (AvgIpc) is 3.05. The first-order valence-electron chi connectivity index (χ1n) is 9.64. The fraction of sp³-hybridized carbons (Fsp3) is 0.550. The van der Waals surface area contributed by atoms with E-state index in [0.717, 1.165) is 61.3 Å². The van der Waals surface area contributed by atoms with Gasteiger partial charge in [-0.1, -0.05) is 6.92 Å². The lowest BCUT2D eigenvalue weighted by Crippen LogP contribution is -2.49. The largest absolute Gasteiger partial charge is 0.361 e. The molecule has 2 aromatic rings. The van der Waals surface area contributed by atoms with E-state index in [2.05, 4.69) is 32.4 Å². The van der Waals surface area contributed by atoms with Gasteiger partial charge in [-0.15, -0.1) is 0 Å². The molecule has 0 saturated carbocycles. The third-order valence-corrected chi connectivity index (χ3v) is 5.11. The molecule has 142 valence electrons. The molecule has 0 bridgehead atoms. The Hall–Kier alpha value is -2.08. The second-order valence-electron chi connectivity index (χ2n) is 7.01. The van der Waals surface area contributed by atoms with Gasteiger partial charge in [0.1, 0.15) is 5.82 Å². The molecule has 3 rings (SSSR count). The molecule has 2 heterocycles. The van der Waals surface area contributed by atoms with Crippen molar-refractivity contribution in [3.63, 3.8) is 0 Å². The molecule has 0 radical (unpaired) electrons. The molecule has 5 nitrogen and oxygen atoms in total. The smallest absolute Gasteiger partial charge is 0.191 e. The van der Waals surface area contributed by atoms with Crippen molar-refractivity contribution in [3.05, 3.63) is 35.8 Å². The van der Waals surface area contributed by atoms with E-state index < -0.39 is 0 Å². The number of nitrogens with zero attached hydrogens (tertiary/aromatic N) is 2. The summed E-state index contributed by atoms with van der Waals surface area (Å²) in [6, 6.07) is 5.35. The van der Waals surface area contributed by atoms with E-state index in [0.29, 0.717) is 6.04 Å². The van der Waals surface area contributed by atoms with Crippen LogP contribution in [0.1, 0.15) is 31.7 Å². The zero-order valence-electron chi connectivity index (χ0n) is 15.8. The third kappa shape index (κ3) is 4.75. The number of guanidine groups is 1. The van der Waals surface area contributed by atoms with Gasteiger partial charge in [-0.25, -0.2) is 4.39 Å². The van der Waals surface area contributed by atoms with Gasteiger partial charge < -0.3 is 20.5 Å². The Balaban J connectivity index is 1.46. The number of hydrogen-bond donors (Lipinski definition) is 3. The first-order chi connectivity index (χ1) is 12.7. The fourth-order valence-electron chi connectivity index (χ4n) is 3.68. The highest BCUT2D eigenvalue weighted by Crippen LogP contribution is 2.19. The standard InChI is InChI=1S/C20H30FN5/c1-3-10-26-11-7-17(8-12-26)25-20(22-2)23-9-6-15-14-24-19-5-4-16(21)13-18(15)19/h4-5,13-14,17,24H,3,6-12H2,1-2H3,(H2,22,23,25). The van der Waals surface area contributed by atoms with Gasteiger partial charge in [-0.05, 0) is 56.0 Å².